The van der Waals surface area contributed by atoms with Crippen LogP contribution in [-0.4, -0.2) is 6.18 Å². The molecule has 80 valence electrons. The Morgan fingerprint density at radius 1 is 1.08 bits per heavy atom. The Balaban J connectivity index is 0.000000310. The summed E-state index contributed by atoms with van der Waals surface area (Å²) in [5.41, 5.74) is -1.34. The van der Waals surface area contributed by atoms with Crippen molar-refractivity contribution in [1.29, 1.82) is 0 Å². The highest BCUT2D eigenvalue weighted by atomic mass is 19.4. The van der Waals surface area contributed by atoms with E-state index in [9.17, 15) is 13.2 Å². The lowest BCUT2D eigenvalue weighted by atomic mass is 9.70. The minimum atomic E-state index is -3.97. The standard InChI is InChI=1S/C6H9F3.C4H10/c1-5(3-2-4-5)6(7,8)9;1-4(2)3/h2-4H2,1H3;4H,1-3H3. The van der Waals surface area contributed by atoms with E-state index in [1.54, 1.807) is 0 Å². The molecule has 1 saturated carbocycles. The maximum absolute atomic E-state index is 11.9. The topological polar surface area (TPSA) is 0 Å². The van der Waals surface area contributed by atoms with Crippen LogP contribution in [0.1, 0.15) is 47.0 Å². The van der Waals surface area contributed by atoms with Crippen LogP contribution < -0.4 is 0 Å². The van der Waals surface area contributed by atoms with Gasteiger partial charge in [0, 0.05) is 0 Å². The fourth-order valence-corrected chi connectivity index (χ4v) is 0.991. The van der Waals surface area contributed by atoms with E-state index in [2.05, 4.69) is 20.8 Å². The summed E-state index contributed by atoms with van der Waals surface area (Å²) in [7, 11) is 0. The summed E-state index contributed by atoms with van der Waals surface area (Å²) in [6, 6.07) is 0. The third kappa shape index (κ3) is 4.01. The van der Waals surface area contributed by atoms with E-state index >= 15 is 0 Å². The first-order valence-electron chi connectivity index (χ1n) is 4.76. The lowest BCUT2D eigenvalue weighted by molar-refractivity contribution is -0.242. The second-order valence-electron chi connectivity index (χ2n) is 4.64. The van der Waals surface area contributed by atoms with Crippen molar-refractivity contribution in [2.75, 3.05) is 0 Å². The number of alkyl halides is 3. The molecule has 13 heavy (non-hydrogen) atoms. The van der Waals surface area contributed by atoms with Gasteiger partial charge in [0.05, 0.1) is 5.41 Å². The molecule has 0 bridgehead atoms. The van der Waals surface area contributed by atoms with Gasteiger partial charge in [-0.1, -0.05) is 34.1 Å². The Hall–Kier alpha value is -0.210. The average molecular weight is 196 g/mol. The summed E-state index contributed by atoms with van der Waals surface area (Å²) in [6.07, 6.45) is -2.60. The van der Waals surface area contributed by atoms with Crippen LogP contribution in [0.4, 0.5) is 13.2 Å². The van der Waals surface area contributed by atoms with Crippen molar-refractivity contribution in [2.24, 2.45) is 11.3 Å². The van der Waals surface area contributed by atoms with E-state index < -0.39 is 11.6 Å². The quantitative estimate of drug-likeness (QED) is 0.538. The van der Waals surface area contributed by atoms with Crippen LogP contribution in [0.15, 0.2) is 0 Å². The maximum atomic E-state index is 11.9. The zero-order chi connectivity index (χ0) is 10.7. The van der Waals surface area contributed by atoms with Crippen LogP contribution >= 0.6 is 0 Å². The summed E-state index contributed by atoms with van der Waals surface area (Å²) in [5, 5.41) is 0. The van der Waals surface area contributed by atoms with Crippen molar-refractivity contribution in [1.82, 2.24) is 0 Å². The Labute approximate surface area is 78.5 Å². The molecule has 0 aliphatic heterocycles. The van der Waals surface area contributed by atoms with E-state index in [4.69, 9.17) is 0 Å². The molecule has 0 unspecified atom stereocenters. The molecule has 0 amide bonds. The van der Waals surface area contributed by atoms with Crippen molar-refractivity contribution in [3.63, 3.8) is 0 Å². The summed E-state index contributed by atoms with van der Waals surface area (Å²) in [6.45, 7) is 7.79. The van der Waals surface area contributed by atoms with Gasteiger partial charge in [0.25, 0.3) is 0 Å². The molecule has 1 fully saturated rings. The second-order valence-corrected chi connectivity index (χ2v) is 4.64. The number of hydrogen-bond acceptors (Lipinski definition) is 0. The smallest absolute Gasteiger partial charge is 0.171 e. The van der Waals surface area contributed by atoms with Crippen LogP contribution in [0.5, 0.6) is 0 Å². The predicted octanol–water partition coefficient (Wildman–Crippen LogP) is 4.40. The Bertz CT molecular complexity index is 140. The lowest BCUT2D eigenvalue weighted by Crippen LogP contribution is -2.40. The first kappa shape index (κ1) is 12.8. The van der Waals surface area contributed by atoms with E-state index in [0.717, 1.165) is 12.3 Å². The number of rotatable bonds is 0. The fraction of sp³-hybridized carbons (Fsp3) is 1.00. The zero-order valence-electron chi connectivity index (χ0n) is 8.83. The molecule has 0 atom stereocenters. The first-order valence-corrected chi connectivity index (χ1v) is 4.76. The van der Waals surface area contributed by atoms with E-state index in [1.165, 1.54) is 6.92 Å². The normalized spacial score (nSPS) is 20.3. The average Bonchev–Trinajstić information content (AvgIpc) is 1.78. The van der Waals surface area contributed by atoms with Crippen LogP contribution in [0.25, 0.3) is 0 Å². The predicted molar refractivity (Wildman–Crippen MR) is 48.5 cm³/mol. The van der Waals surface area contributed by atoms with Crippen LogP contribution in [0.2, 0.25) is 0 Å². The molecule has 1 rings (SSSR count). The maximum Gasteiger partial charge on any atom is 0.394 e. The third-order valence-corrected chi connectivity index (χ3v) is 2.14. The Morgan fingerprint density at radius 3 is 1.38 bits per heavy atom. The molecule has 0 aromatic rings. The summed E-state index contributed by atoms with van der Waals surface area (Å²) in [4.78, 5) is 0. The van der Waals surface area contributed by atoms with E-state index in [0.29, 0.717) is 12.8 Å². The van der Waals surface area contributed by atoms with Gasteiger partial charge in [0.15, 0.2) is 0 Å². The molecule has 3 heteroatoms. The summed E-state index contributed by atoms with van der Waals surface area (Å²) >= 11 is 0. The van der Waals surface area contributed by atoms with Gasteiger partial charge in [-0.2, -0.15) is 13.2 Å². The number of hydrogen-bond donors (Lipinski definition) is 0. The molecule has 0 radical (unpaired) electrons. The van der Waals surface area contributed by atoms with Crippen molar-refractivity contribution < 1.29 is 13.2 Å². The van der Waals surface area contributed by atoms with E-state index in [1.807, 2.05) is 0 Å². The molecule has 0 spiro atoms. The molecule has 0 saturated heterocycles. The zero-order valence-corrected chi connectivity index (χ0v) is 8.83. The van der Waals surface area contributed by atoms with Gasteiger partial charge in [-0.05, 0) is 18.8 Å². The largest absolute Gasteiger partial charge is 0.394 e. The van der Waals surface area contributed by atoms with Gasteiger partial charge >= 0.3 is 6.18 Å². The molecule has 1 aliphatic rings. The number of halogens is 3. The summed E-state index contributed by atoms with van der Waals surface area (Å²) in [5.74, 6) is 0.833. The lowest BCUT2D eigenvalue weighted by Gasteiger charge is -2.39. The van der Waals surface area contributed by atoms with Crippen molar-refractivity contribution in [3.05, 3.63) is 0 Å². The molecule has 1 aliphatic carbocycles. The minimum absolute atomic E-state index is 0.316. The highest BCUT2D eigenvalue weighted by Gasteiger charge is 2.54. The van der Waals surface area contributed by atoms with E-state index in [-0.39, 0.29) is 0 Å². The van der Waals surface area contributed by atoms with Crippen molar-refractivity contribution in [3.8, 4) is 0 Å². The van der Waals surface area contributed by atoms with Crippen LogP contribution in [-0.2, 0) is 0 Å². The van der Waals surface area contributed by atoms with Gasteiger partial charge in [0.1, 0.15) is 0 Å². The highest BCUT2D eigenvalue weighted by Crippen LogP contribution is 2.52. The Morgan fingerprint density at radius 2 is 1.38 bits per heavy atom. The monoisotopic (exact) mass is 196 g/mol. The highest BCUT2D eigenvalue weighted by molar-refractivity contribution is 4.89. The SMILES string of the molecule is CC(C)C.CC1(C(F)(F)F)CCC1. The van der Waals surface area contributed by atoms with Crippen LogP contribution in [0.3, 0.4) is 0 Å². The van der Waals surface area contributed by atoms with Gasteiger partial charge in [-0.15, -0.1) is 0 Å². The summed E-state index contributed by atoms with van der Waals surface area (Å²) < 4.78 is 35.7. The van der Waals surface area contributed by atoms with Crippen molar-refractivity contribution in [2.45, 2.75) is 53.1 Å². The van der Waals surface area contributed by atoms with Gasteiger partial charge in [-0.3, -0.25) is 0 Å². The van der Waals surface area contributed by atoms with Crippen LogP contribution in [0, 0.1) is 11.3 Å². The molecular weight excluding hydrogens is 177 g/mol. The van der Waals surface area contributed by atoms with Gasteiger partial charge < -0.3 is 0 Å². The van der Waals surface area contributed by atoms with Gasteiger partial charge in [0.2, 0.25) is 0 Å². The minimum Gasteiger partial charge on any atom is -0.171 e. The molecule has 0 heterocycles. The molecule has 0 nitrogen and oxygen atoms in total. The molecular formula is C10H19F3. The molecule has 0 aromatic heterocycles. The van der Waals surface area contributed by atoms with Crippen molar-refractivity contribution >= 4 is 0 Å². The second kappa shape index (κ2) is 4.34. The first-order chi connectivity index (χ1) is 5.69. The Kier molecular flexibility index (Phi) is 4.27. The molecule has 0 aromatic carbocycles. The van der Waals surface area contributed by atoms with Gasteiger partial charge in [-0.25, -0.2) is 0 Å². The third-order valence-electron chi connectivity index (χ3n) is 2.14. The fourth-order valence-electron chi connectivity index (χ4n) is 0.991. The molecule has 0 N–H and O–H groups in total.